The number of nitrogens with two attached hydrogens (primary N) is 1. The first-order valence-corrected chi connectivity index (χ1v) is 6.97. The van der Waals surface area contributed by atoms with Crippen LogP contribution in [-0.2, 0) is 6.54 Å². The maximum Gasteiger partial charge on any atom is 0.170 e. The standard InChI is InChI=1S/C15H16BrN3O/c1-10-3-2-4-13(14(10)16)18-9-11-5-7-12(8-6-11)15(17)19-20/h2-8,18,20H,9H2,1H3,(H2,17,19). The SMILES string of the molecule is Cc1cccc(NCc2ccc(/C(N)=N/O)cc2)c1Br. The molecular weight excluding hydrogens is 318 g/mol. The maximum absolute atomic E-state index is 8.61. The van der Waals surface area contributed by atoms with E-state index < -0.39 is 0 Å². The predicted octanol–water partition coefficient (Wildman–Crippen LogP) is 3.46. The largest absolute Gasteiger partial charge is 0.409 e. The minimum atomic E-state index is 0.117. The summed E-state index contributed by atoms with van der Waals surface area (Å²) < 4.78 is 1.08. The number of hydrogen-bond donors (Lipinski definition) is 3. The van der Waals surface area contributed by atoms with E-state index >= 15 is 0 Å². The van der Waals surface area contributed by atoms with E-state index in [9.17, 15) is 0 Å². The lowest BCUT2D eigenvalue weighted by Gasteiger charge is -2.10. The zero-order valence-electron chi connectivity index (χ0n) is 11.1. The van der Waals surface area contributed by atoms with Crippen LogP contribution < -0.4 is 11.1 Å². The Kier molecular flexibility index (Phi) is 4.63. The summed E-state index contributed by atoms with van der Waals surface area (Å²) in [6.45, 7) is 2.76. The molecule has 0 aromatic heterocycles. The first kappa shape index (κ1) is 14.4. The molecule has 0 amide bonds. The van der Waals surface area contributed by atoms with E-state index in [2.05, 4.69) is 39.4 Å². The Labute approximate surface area is 126 Å². The van der Waals surface area contributed by atoms with Crippen LogP contribution in [0.15, 0.2) is 52.1 Å². The van der Waals surface area contributed by atoms with Crippen molar-refractivity contribution in [3.8, 4) is 0 Å². The van der Waals surface area contributed by atoms with Gasteiger partial charge in [-0.25, -0.2) is 0 Å². The summed E-state index contributed by atoms with van der Waals surface area (Å²) in [5.41, 5.74) is 9.60. The molecule has 20 heavy (non-hydrogen) atoms. The molecule has 0 heterocycles. The molecule has 0 saturated carbocycles. The van der Waals surface area contributed by atoms with Crippen molar-refractivity contribution in [2.24, 2.45) is 10.9 Å². The van der Waals surface area contributed by atoms with Gasteiger partial charge in [0.1, 0.15) is 0 Å². The van der Waals surface area contributed by atoms with Crippen molar-refractivity contribution < 1.29 is 5.21 Å². The lowest BCUT2D eigenvalue weighted by atomic mass is 10.1. The highest BCUT2D eigenvalue weighted by Crippen LogP contribution is 2.26. The van der Waals surface area contributed by atoms with Gasteiger partial charge in [-0.15, -0.1) is 0 Å². The Morgan fingerprint density at radius 2 is 1.95 bits per heavy atom. The summed E-state index contributed by atoms with van der Waals surface area (Å²) in [5.74, 6) is 0.117. The molecule has 104 valence electrons. The molecule has 2 aromatic rings. The minimum absolute atomic E-state index is 0.117. The highest BCUT2D eigenvalue weighted by atomic mass is 79.9. The van der Waals surface area contributed by atoms with Crippen LogP contribution in [0.4, 0.5) is 5.69 Å². The first-order chi connectivity index (χ1) is 9.61. The number of nitrogens with one attached hydrogen (secondary N) is 1. The van der Waals surface area contributed by atoms with Crippen LogP contribution >= 0.6 is 15.9 Å². The number of nitrogens with zero attached hydrogens (tertiary/aromatic N) is 1. The van der Waals surface area contributed by atoms with Crippen molar-refractivity contribution in [1.82, 2.24) is 0 Å². The molecule has 0 radical (unpaired) electrons. The first-order valence-electron chi connectivity index (χ1n) is 6.17. The van der Waals surface area contributed by atoms with Crippen molar-refractivity contribution in [2.45, 2.75) is 13.5 Å². The Morgan fingerprint density at radius 3 is 2.60 bits per heavy atom. The number of aryl methyl sites for hydroxylation is 1. The van der Waals surface area contributed by atoms with Gasteiger partial charge in [-0.05, 0) is 40.0 Å². The van der Waals surface area contributed by atoms with Gasteiger partial charge in [-0.1, -0.05) is 41.6 Å². The lowest BCUT2D eigenvalue weighted by molar-refractivity contribution is 0.318. The Bertz CT molecular complexity index is 624. The molecule has 0 saturated heterocycles. The summed E-state index contributed by atoms with van der Waals surface area (Å²) in [6.07, 6.45) is 0. The van der Waals surface area contributed by atoms with Gasteiger partial charge < -0.3 is 16.3 Å². The Morgan fingerprint density at radius 1 is 1.25 bits per heavy atom. The maximum atomic E-state index is 8.61. The van der Waals surface area contributed by atoms with E-state index in [-0.39, 0.29) is 5.84 Å². The lowest BCUT2D eigenvalue weighted by Crippen LogP contribution is -2.13. The van der Waals surface area contributed by atoms with Crippen molar-refractivity contribution in [1.29, 1.82) is 0 Å². The molecule has 0 aliphatic carbocycles. The van der Waals surface area contributed by atoms with E-state index in [1.165, 1.54) is 5.56 Å². The van der Waals surface area contributed by atoms with Crippen LogP contribution in [0.5, 0.6) is 0 Å². The third kappa shape index (κ3) is 3.30. The van der Waals surface area contributed by atoms with Gasteiger partial charge in [-0.3, -0.25) is 0 Å². The van der Waals surface area contributed by atoms with Gasteiger partial charge in [0.05, 0.1) is 0 Å². The van der Waals surface area contributed by atoms with E-state index in [0.717, 1.165) is 15.7 Å². The van der Waals surface area contributed by atoms with Crippen LogP contribution in [0.2, 0.25) is 0 Å². The zero-order chi connectivity index (χ0) is 14.5. The average Bonchev–Trinajstić information content (AvgIpc) is 2.48. The number of benzene rings is 2. The second-order valence-corrected chi connectivity index (χ2v) is 5.27. The summed E-state index contributed by atoms with van der Waals surface area (Å²) in [5, 5.41) is 15.0. The monoisotopic (exact) mass is 333 g/mol. The fourth-order valence-corrected chi connectivity index (χ4v) is 2.24. The molecule has 0 atom stereocenters. The van der Waals surface area contributed by atoms with Gasteiger partial charge in [0.2, 0.25) is 0 Å². The second kappa shape index (κ2) is 6.43. The number of oxime groups is 1. The molecular formula is C15H16BrN3O. The van der Waals surface area contributed by atoms with Crippen molar-refractivity contribution >= 4 is 27.5 Å². The van der Waals surface area contributed by atoms with Gasteiger partial charge in [0.15, 0.2) is 5.84 Å². The van der Waals surface area contributed by atoms with E-state index in [0.29, 0.717) is 12.1 Å². The van der Waals surface area contributed by atoms with Crippen molar-refractivity contribution in [2.75, 3.05) is 5.32 Å². The van der Waals surface area contributed by atoms with Gasteiger partial charge in [0, 0.05) is 22.3 Å². The smallest absolute Gasteiger partial charge is 0.170 e. The summed E-state index contributed by atoms with van der Waals surface area (Å²) in [6, 6.07) is 13.7. The van der Waals surface area contributed by atoms with Crippen molar-refractivity contribution in [3.63, 3.8) is 0 Å². The average molecular weight is 334 g/mol. The Hall–Kier alpha value is -2.01. The fourth-order valence-electron chi connectivity index (χ4n) is 1.83. The highest BCUT2D eigenvalue weighted by Gasteiger charge is 2.03. The predicted molar refractivity (Wildman–Crippen MR) is 85.2 cm³/mol. The van der Waals surface area contributed by atoms with Crippen LogP contribution in [0, 0.1) is 6.92 Å². The number of anilines is 1. The highest BCUT2D eigenvalue weighted by molar-refractivity contribution is 9.10. The molecule has 0 spiro atoms. The third-order valence-corrected chi connectivity index (χ3v) is 4.08. The molecule has 4 N–H and O–H groups in total. The number of amidine groups is 1. The second-order valence-electron chi connectivity index (χ2n) is 4.47. The summed E-state index contributed by atoms with van der Waals surface area (Å²) in [7, 11) is 0. The molecule has 2 rings (SSSR count). The normalized spacial score (nSPS) is 11.4. The summed E-state index contributed by atoms with van der Waals surface area (Å²) in [4.78, 5) is 0. The minimum Gasteiger partial charge on any atom is -0.409 e. The topological polar surface area (TPSA) is 70.6 Å². The number of rotatable bonds is 4. The molecule has 4 nitrogen and oxygen atoms in total. The van der Waals surface area contributed by atoms with E-state index in [1.54, 1.807) is 0 Å². The van der Waals surface area contributed by atoms with Crippen LogP contribution in [0.25, 0.3) is 0 Å². The van der Waals surface area contributed by atoms with Gasteiger partial charge >= 0.3 is 0 Å². The third-order valence-electron chi connectivity index (χ3n) is 3.03. The number of hydrogen-bond acceptors (Lipinski definition) is 3. The van der Waals surface area contributed by atoms with E-state index in [4.69, 9.17) is 10.9 Å². The van der Waals surface area contributed by atoms with Crippen LogP contribution in [-0.4, -0.2) is 11.0 Å². The molecule has 2 aromatic carbocycles. The van der Waals surface area contributed by atoms with Crippen molar-refractivity contribution in [3.05, 3.63) is 63.6 Å². The van der Waals surface area contributed by atoms with Gasteiger partial charge in [-0.2, -0.15) is 0 Å². The quantitative estimate of drug-likeness (QED) is 0.347. The molecule has 0 aliphatic rings. The molecule has 0 bridgehead atoms. The zero-order valence-corrected chi connectivity index (χ0v) is 12.7. The van der Waals surface area contributed by atoms with Crippen LogP contribution in [0.3, 0.4) is 0 Å². The van der Waals surface area contributed by atoms with E-state index in [1.807, 2.05) is 36.4 Å². The summed E-state index contributed by atoms with van der Waals surface area (Å²) >= 11 is 3.57. The number of halogens is 1. The molecule has 0 unspecified atom stereocenters. The Balaban J connectivity index is 2.06. The van der Waals surface area contributed by atoms with Crippen LogP contribution in [0.1, 0.15) is 16.7 Å². The fraction of sp³-hybridized carbons (Fsp3) is 0.133. The van der Waals surface area contributed by atoms with Gasteiger partial charge in [0.25, 0.3) is 0 Å². The molecule has 5 heteroatoms. The molecule has 0 aliphatic heterocycles. The molecule has 0 fully saturated rings.